The van der Waals surface area contributed by atoms with Crippen LogP contribution in [0.25, 0.3) is 11.1 Å². The van der Waals surface area contributed by atoms with Gasteiger partial charge in [0.25, 0.3) is 0 Å². The summed E-state index contributed by atoms with van der Waals surface area (Å²) >= 11 is 1.51. The molecule has 2 rings (SSSR count). The van der Waals surface area contributed by atoms with E-state index in [4.69, 9.17) is 10.00 Å². The molecule has 0 bridgehead atoms. The summed E-state index contributed by atoms with van der Waals surface area (Å²) in [6.07, 6.45) is 17.8. The van der Waals surface area contributed by atoms with Crippen LogP contribution in [-0.2, 0) is 4.74 Å². The lowest BCUT2D eigenvalue weighted by molar-refractivity contribution is 0.144. The lowest BCUT2D eigenvalue weighted by atomic mass is 10.1. The summed E-state index contributed by atoms with van der Waals surface area (Å²) in [6.45, 7) is 11.8. The van der Waals surface area contributed by atoms with Gasteiger partial charge >= 0.3 is 0 Å². The van der Waals surface area contributed by atoms with Crippen LogP contribution in [0.3, 0.4) is 0 Å². The lowest BCUT2D eigenvalue weighted by Gasteiger charge is -2.10. The molecule has 1 aliphatic carbocycles. The number of aromatic nitrogens is 2. The van der Waals surface area contributed by atoms with Gasteiger partial charge in [-0.3, -0.25) is 0 Å². The molecule has 29 heavy (non-hydrogen) atoms. The molecular formula is C24H29N3OS. The van der Waals surface area contributed by atoms with Crippen molar-refractivity contribution in [3.05, 3.63) is 71.0 Å². The van der Waals surface area contributed by atoms with Gasteiger partial charge in [0.15, 0.2) is 0 Å². The molecule has 1 fully saturated rings. The van der Waals surface area contributed by atoms with Crippen molar-refractivity contribution in [1.82, 2.24) is 10.2 Å². The Morgan fingerprint density at radius 1 is 1.24 bits per heavy atom. The molecule has 0 spiro atoms. The zero-order chi connectivity index (χ0) is 21.1. The third kappa shape index (κ3) is 7.67. The van der Waals surface area contributed by atoms with E-state index in [-0.39, 0.29) is 12.5 Å². The Kier molecular flexibility index (Phi) is 9.33. The first-order valence-electron chi connectivity index (χ1n) is 9.97. The topological polar surface area (TPSA) is 58.8 Å². The fourth-order valence-electron chi connectivity index (χ4n) is 2.95. The van der Waals surface area contributed by atoms with Crippen LogP contribution in [0, 0.1) is 11.3 Å². The summed E-state index contributed by atoms with van der Waals surface area (Å²) in [5.74, 6) is 0.640. The van der Waals surface area contributed by atoms with Crippen molar-refractivity contribution in [2.75, 3.05) is 0 Å². The van der Waals surface area contributed by atoms with Crippen molar-refractivity contribution in [2.24, 2.45) is 0 Å². The molecule has 0 radical (unpaired) electrons. The Morgan fingerprint density at radius 2 is 1.97 bits per heavy atom. The van der Waals surface area contributed by atoms with Gasteiger partial charge in [0.1, 0.15) is 15.8 Å². The van der Waals surface area contributed by atoms with E-state index in [1.807, 2.05) is 38.2 Å². The molecule has 1 aromatic rings. The third-order valence-corrected chi connectivity index (χ3v) is 5.40. The number of ether oxygens (including phenoxy) is 1. The molecule has 0 unspecified atom stereocenters. The van der Waals surface area contributed by atoms with Crippen LogP contribution in [0.15, 0.2) is 60.9 Å². The molecule has 0 atom stereocenters. The van der Waals surface area contributed by atoms with E-state index in [0.29, 0.717) is 12.2 Å². The minimum Gasteiger partial charge on any atom is -0.494 e. The summed E-state index contributed by atoms with van der Waals surface area (Å²) in [7, 11) is 0. The van der Waals surface area contributed by atoms with E-state index >= 15 is 0 Å². The fraction of sp³-hybridized carbons (Fsp3) is 0.375. The van der Waals surface area contributed by atoms with Crippen molar-refractivity contribution in [2.45, 2.75) is 58.5 Å². The second-order valence-corrected chi connectivity index (χ2v) is 8.13. The van der Waals surface area contributed by atoms with E-state index in [2.05, 4.69) is 41.6 Å². The highest BCUT2D eigenvalue weighted by molar-refractivity contribution is 7.13. The minimum atomic E-state index is 0.0216. The molecular weight excluding hydrogens is 378 g/mol. The fourth-order valence-corrected chi connectivity index (χ4v) is 3.77. The van der Waals surface area contributed by atoms with E-state index in [1.54, 1.807) is 0 Å². The largest absolute Gasteiger partial charge is 0.494 e. The molecule has 4 nitrogen and oxygen atoms in total. The number of hydrogen-bond acceptors (Lipinski definition) is 5. The Balaban J connectivity index is 2.15. The van der Waals surface area contributed by atoms with Gasteiger partial charge in [-0.1, -0.05) is 53.9 Å². The van der Waals surface area contributed by atoms with Crippen LogP contribution < -0.4 is 0 Å². The normalized spacial score (nSPS) is 15.0. The first-order valence-corrected chi connectivity index (χ1v) is 10.8. The van der Waals surface area contributed by atoms with Gasteiger partial charge in [-0.25, -0.2) is 0 Å². The molecule has 0 saturated heterocycles. The molecule has 0 aromatic carbocycles. The Labute approximate surface area is 178 Å². The summed E-state index contributed by atoms with van der Waals surface area (Å²) in [6, 6.07) is 2.14. The average molecular weight is 408 g/mol. The van der Waals surface area contributed by atoms with Gasteiger partial charge in [0.05, 0.1) is 18.6 Å². The molecule has 1 aliphatic rings. The maximum Gasteiger partial charge on any atom is 0.147 e. The van der Waals surface area contributed by atoms with Crippen molar-refractivity contribution >= 4 is 22.5 Å². The van der Waals surface area contributed by atoms with Crippen molar-refractivity contribution in [3.63, 3.8) is 0 Å². The molecule has 5 heteroatoms. The van der Waals surface area contributed by atoms with Gasteiger partial charge in [-0.2, -0.15) is 5.26 Å². The number of nitrogens with zero attached hydrogens (tertiary/aromatic N) is 3. The maximum atomic E-state index is 8.99. The Bertz CT molecular complexity index is 870. The highest BCUT2D eigenvalue weighted by Gasteiger charge is 2.10. The second kappa shape index (κ2) is 12.0. The summed E-state index contributed by atoms with van der Waals surface area (Å²) in [5, 5.41) is 19.2. The van der Waals surface area contributed by atoms with Gasteiger partial charge < -0.3 is 4.74 Å². The summed E-state index contributed by atoms with van der Waals surface area (Å²) in [5.41, 5.74) is 3.34. The van der Waals surface area contributed by atoms with Crippen LogP contribution in [0.4, 0.5) is 0 Å². The van der Waals surface area contributed by atoms with Crippen LogP contribution in [-0.4, -0.2) is 16.3 Å². The molecule has 0 amide bonds. The zero-order valence-electron chi connectivity index (χ0n) is 17.4. The minimum absolute atomic E-state index is 0.0216. The summed E-state index contributed by atoms with van der Waals surface area (Å²) in [4.78, 5) is 0. The molecule has 0 aliphatic heterocycles. The smallest absolute Gasteiger partial charge is 0.147 e. The monoisotopic (exact) mass is 407 g/mol. The second-order valence-electron chi connectivity index (χ2n) is 7.15. The van der Waals surface area contributed by atoms with Crippen molar-refractivity contribution in [1.29, 1.82) is 5.26 Å². The average Bonchev–Trinajstić information content (AvgIpc) is 3.36. The molecule has 1 heterocycles. The first-order chi connectivity index (χ1) is 14.0. The molecule has 1 saturated carbocycles. The van der Waals surface area contributed by atoms with Crippen LogP contribution >= 0.6 is 11.3 Å². The van der Waals surface area contributed by atoms with Crippen LogP contribution in [0.2, 0.25) is 0 Å². The molecule has 0 N–H and O–H groups in total. The van der Waals surface area contributed by atoms with Gasteiger partial charge in [0.2, 0.25) is 0 Å². The van der Waals surface area contributed by atoms with E-state index in [0.717, 1.165) is 21.2 Å². The highest BCUT2D eigenvalue weighted by Crippen LogP contribution is 2.27. The standard InChI is InChI=1S/C24H29N3OS/c1-5-9-21(14-15-22(16-17-25)28-18(2)3)24-27-26-23(29-24)19(4)10-8-13-20-11-6-7-12-20/h5,8,10,13-15,18H,1,4,6-7,9,11-12,16H2,2-3H3/b10-8-,21-14+,22-15+. The van der Waals surface area contributed by atoms with Crippen molar-refractivity contribution < 1.29 is 4.74 Å². The Morgan fingerprint density at radius 3 is 2.62 bits per heavy atom. The zero-order valence-corrected chi connectivity index (χ0v) is 18.2. The summed E-state index contributed by atoms with van der Waals surface area (Å²) < 4.78 is 5.69. The molecule has 152 valence electrons. The van der Waals surface area contributed by atoms with E-state index in [9.17, 15) is 0 Å². The van der Waals surface area contributed by atoms with E-state index in [1.165, 1.54) is 42.6 Å². The Hall–Kier alpha value is -2.71. The SMILES string of the molecule is C=CC/C(=C\C=C(/CC#N)OC(C)C)c1nnc(C(=C)/C=C\C=C2CCCC2)s1. The third-order valence-electron chi connectivity index (χ3n) is 4.32. The highest BCUT2D eigenvalue weighted by atomic mass is 32.1. The quantitative estimate of drug-likeness (QED) is 0.243. The van der Waals surface area contributed by atoms with Gasteiger partial charge in [-0.05, 0) is 57.6 Å². The predicted molar refractivity (Wildman–Crippen MR) is 122 cm³/mol. The predicted octanol–water partition coefficient (Wildman–Crippen LogP) is 6.79. The van der Waals surface area contributed by atoms with Crippen LogP contribution in [0.1, 0.15) is 62.4 Å². The van der Waals surface area contributed by atoms with Gasteiger partial charge in [-0.15, -0.1) is 16.8 Å². The number of nitriles is 1. The van der Waals surface area contributed by atoms with Crippen LogP contribution in [0.5, 0.6) is 0 Å². The molecule has 1 aromatic heterocycles. The lowest BCUT2D eigenvalue weighted by Crippen LogP contribution is -2.01. The van der Waals surface area contributed by atoms with Gasteiger partial charge in [0, 0.05) is 5.57 Å². The number of rotatable bonds is 10. The maximum absolute atomic E-state index is 8.99. The first kappa shape index (κ1) is 22.6. The van der Waals surface area contributed by atoms with E-state index < -0.39 is 0 Å². The number of hydrogen-bond donors (Lipinski definition) is 0. The number of allylic oxidation sites excluding steroid dienone is 10. The van der Waals surface area contributed by atoms with Crippen molar-refractivity contribution in [3.8, 4) is 6.07 Å².